The molecule has 0 bridgehead atoms. The molecule has 0 aromatic heterocycles. The Morgan fingerprint density at radius 2 is 1.73 bits per heavy atom. The van der Waals surface area contributed by atoms with Crippen molar-refractivity contribution in [2.75, 3.05) is 0 Å². The molecule has 0 aliphatic heterocycles. The predicted octanol–water partition coefficient (Wildman–Crippen LogP) is 4.16. The fraction of sp³-hybridized carbons (Fsp3) is 0.269. The largest absolute Gasteiger partial charge is 0.480 e. The van der Waals surface area contributed by atoms with Crippen LogP contribution in [0.5, 0.6) is 0 Å². The first kappa shape index (κ1) is 25.4. The summed E-state index contributed by atoms with van der Waals surface area (Å²) in [6, 6.07) is 15.1. The zero-order valence-corrected chi connectivity index (χ0v) is 18.7. The smallest absolute Gasteiger partial charge is 0.407 e. The van der Waals surface area contributed by atoms with Crippen LogP contribution in [0.15, 0.2) is 79.9 Å². The van der Waals surface area contributed by atoms with E-state index in [0.717, 1.165) is 11.1 Å². The molecule has 0 fully saturated rings. The van der Waals surface area contributed by atoms with Gasteiger partial charge in [0, 0.05) is 6.42 Å². The molecule has 0 heterocycles. The van der Waals surface area contributed by atoms with Crippen LogP contribution in [0.2, 0.25) is 0 Å². The van der Waals surface area contributed by atoms with Crippen LogP contribution in [0.1, 0.15) is 36.1 Å². The number of benzene rings is 2. The van der Waals surface area contributed by atoms with E-state index < -0.39 is 36.0 Å². The number of nitrogens with one attached hydrogen (secondary N) is 2. The number of rotatable bonds is 12. The molecule has 0 saturated carbocycles. The minimum atomic E-state index is -1.13. The fourth-order valence-corrected chi connectivity index (χ4v) is 3.13. The van der Waals surface area contributed by atoms with E-state index in [2.05, 4.69) is 23.8 Å². The van der Waals surface area contributed by atoms with Crippen molar-refractivity contribution in [2.24, 2.45) is 5.92 Å². The van der Waals surface area contributed by atoms with Gasteiger partial charge in [0.25, 0.3) is 0 Å². The summed E-state index contributed by atoms with van der Waals surface area (Å²) in [5.74, 6) is -2.03. The van der Waals surface area contributed by atoms with Crippen LogP contribution >= 0.6 is 0 Å². The second kappa shape index (κ2) is 12.9. The molecule has 3 atom stereocenters. The molecule has 0 spiro atoms. The summed E-state index contributed by atoms with van der Waals surface area (Å²) in [6.45, 7) is 9.10. The molecule has 2 aromatic rings. The molecule has 3 N–H and O–H groups in total. The van der Waals surface area contributed by atoms with Crippen molar-refractivity contribution in [3.63, 3.8) is 0 Å². The first-order chi connectivity index (χ1) is 15.8. The number of alkyl carbamates (subject to hydrolysis) is 1. The zero-order valence-electron chi connectivity index (χ0n) is 18.7. The summed E-state index contributed by atoms with van der Waals surface area (Å²) in [6.07, 6.45) is 3.13. The van der Waals surface area contributed by atoms with Crippen molar-refractivity contribution < 1.29 is 24.2 Å². The van der Waals surface area contributed by atoms with Crippen molar-refractivity contribution in [1.29, 1.82) is 0 Å². The molecular weight excluding hydrogens is 420 g/mol. The fourth-order valence-electron chi connectivity index (χ4n) is 3.13. The Morgan fingerprint density at radius 3 is 2.36 bits per heavy atom. The molecule has 0 radical (unpaired) electrons. The maximum absolute atomic E-state index is 12.3. The third-order valence-electron chi connectivity index (χ3n) is 5.08. The van der Waals surface area contributed by atoms with Crippen LogP contribution in [0.3, 0.4) is 0 Å². The molecule has 0 saturated heterocycles. The Kier molecular flexibility index (Phi) is 9.89. The van der Waals surface area contributed by atoms with Gasteiger partial charge in [-0.2, -0.15) is 0 Å². The number of aliphatic carboxylic acids is 1. The number of hydrogen-bond acceptors (Lipinski definition) is 4. The highest BCUT2D eigenvalue weighted by atomic mass is 16.5. The Bertz CT molecular complexity index is 974. The van der Waals surface area contributed by atoms with Gasteiger partial charge >= 0.3 is 12.1 Å². The third-order valence-corrected chi connectivity index (χ3v) is 5.08. The van der Waals surface area contributed by atoms with Gasteiger partial charge in [-0.3, -0.25) is 4.79 Å². The Morgan fingerprint density at radius 1 is 1.03 bits per heavy atom. The maximum Gasteiger partial charge on any atom is 0.407 e. The Labute approximate surface area is 194 Å². The van der Waals surface area contributed by atoms with Gasteiger partial charge < -0.3 is 20.5 Å². The first-order valence-electron chi connectivity index (χ1n) is 10.7. The number of carbonyl (C=O) groups excluding carboxylic acids is 2. The molecule has 2 unspecified atom stereocenters. The average molecular weight is 451 g/mol. The van der Waals surface area contributed by atoms with E-state index in [1.54, 1.807) is 25.1 Å². The average Bonchev–Trinajstić information content (AvgIpc) is 2.82. The number of carbonyl (C=O) groups is 3. The number of ether oxygens (including phenoxy) is 1. The lowest BCUT2D eigenvalue weighted by Gasteiger charge is -2.20. The molecule has 33 heavy (non-hydrogen) atoms. The highest BCUT2D eigenvalue weighted by Gasteiger charge is 2.23. The van der Waals surface area contributed by atoms with Crippen LogP contribution in [0.25, 0.3) is 0 Å². The minimum absolute atomic E-state index is 0.0953. The van der Waals surface area contributed by atoms with Crippen molar-refractivity contribution >= 4 is 18.0 Å². The van der Waals surface area contributed by atoms with Gasteiger partial charge in [-0.1, -0.05) is 73.7 Å². The lowest BCUT2D eigenvalue weighted by molar-refractivity contribution is -0.142. The molecule has 2 amide bonds. The quantitative estimate of drug-likeness (QED) is 0.421. The van der Waals surface area contributed by atoms with E-state index in [0.29, 0.717) is 12.0 Å². The normalized spacial score (nSPS) is 13.1. The van der Waals surface area contributed by atoms with E-state index in [1.807, 2.05) is 42.5 Å². The monoisotopic (exact) mass is 450 g/mol. The summed E-state index contributed by atoms with van der Waals surface area (Å²) >= 11 is 0. The molecule has 0 aliphatic rings. The Balaban J connectivity index is 2.08. The van der Waals surface area contributed by atoms with E-state index in [9.17, 15) is 19.5 Å². The number of carboxylic acid groups (broad SMARTS) is 1. The predicted molar refractivity (Wildman–Crippen MR) is 126 cm³/mol. The van der Waals surface area contributed by atoms with Crippen molar-refractivity contribution in [3.05, 3.63) is 96.6 Å². The second-order valence-corrected chi connectivity index (χ2v) is 7.66. The Hall–Kier alpha value is -3.87. The summed E-state index contributed by atoms with van der Waals surface area (Å²) in [4.78, 5) is 36.1. The lowest BCUT2D eigenvalue weighted by Crippen LogP contribution is -2.44. The minimum Gasteiger partial charge on any atom is -0.480 e. The summed E-state index contributed by atoms with van der Waals surface area (Å²) in [7, 11) is 0. The molecule has 7 heteroatoms. The standard InChI is InChI=1S/C26H30N2O5/c1-4-10-22(28-26(32)33-17-19-11-7-6-8-12-19)21-14-9-13-20(15-21)16-23(25(30)31)27-24(29)18(3)5-2/h4-9,11-15,18,22-23H,1-2,10,16-17H2,3H3,(H,27,29)(H,28,32)(H,30,31)/t18?,22-,23?/m0/s1. The molecule has 2 rings (SSSR count). The van der Waals surface area contributed by atoms with Gasteiger partial charge in [-0.25, -0.2) is 9.59 Å². The highest BCUT2D eigenvalue weighted by Crippen LogP contribution is 2.20. The van der Waals surface area contributed by atoms with Gasteiger partial charge in [0.05, 0.1) is 12.0 Å². The van der Waals surface area contributed by atoms with Crippen molar-refractivity contribution in [1.82, 2.24) is 10.6 Å². The summed E-state index contributed by atoms with van der Waals surface area (Å²) in [5, 5.41) is 14.9. The maximum atomic E-state index is 12.3. The molecule has 7 nitrogen and oxygen atoms in total. The molecule has 0 aliphatic carbocycles. The third kappa shape index (κ3) is 8.29. The van der Waals surface area contributed by atoms with Gasteiger partial charge in [-0.05, 0) is 23.1 Å². The van der Waals surface area contributed by atoms with Crippen molar-refractivity contribution in [3.8, 4) is 0 Å². The van der Waals surface area contributed by atoms with Crippen LogP contribution < -0.4 is 10.6 Å². The first-order valence-corrected chi connectivity index (χ1v) is 10.7. The van der Waals surface area contributed by atoms with Gasteiger partial charge in [-0.15, -0.1) is 13.2 Å². The lowest BCUT2D eigenvalue weighted by atomic mass is 9.98. The van der Waals surface area contributed by atoms with Crippen LogP contribution in [-0.4, -0.2) is 29.1 Å². The van der Waals surface area contributed by atoms with Gasteiger partial charge in [0.2, 0.25) is 5.91 Å². The molecule has 2 aromatic carbocycles. The number of amides is 2. The summed E-state index contributed by atoms with van der Waals surface area (Å²) in [5.41, 5.74) is 2.36. The zero-order chi connectivity index (χ0) is 24.2. The van der Waals surface area contributed by atoms with Crippen LogP contribution in [0.4, 0.5) is 4.79 Å². The summed E-state index contributed by atoms with van der Waals surface area (Å²) < 4.78 is 5.31. The van der Waals surface area contributed by atoms with E-state index in [1.165, 1.54) is 6.08 Å². The van der Waals surface area contributed by atoms with Crippen LogP contribution in [-0.2, 0) is 27.4 Å². The SMILES string of the molecule is C=CC[C@H](NC(=O)OCc1ccccc1)c1cccc(CC(NC(=O)C(C)C=C)C(=O)O)c1. The van der Waals surface area contributed by atoms with Gasteiger partial charge in [0.15, 0.2) is 0 Å². The van der Waals surface area contributed by atoms with Crippen molar-refractivity contribution in [2.45, 2.75) is 38.5 Å². The topological polar surface area (TPSA) is 105 Å². The van der Waals surface area contributed by atoms with Gasteiger partial charge in [0.1, 0.15) is 12.6 Å². The number of carboxylic acids is 1. The molecule has 174 valence electrons. The highest BCUT2D eigenvalue weighted by molar-refractivity contribution is 5.85. The van der Waals surface area contributed by atoms with E-state index >= 15 is 0 Å². The second-order valence-electron chi connectivity index (χ2n) is 7.66. The van der Waals surface area contributed by atoms with E-state index in [4.69, 9.17) is 4.74 Å². The van der Waals surface area contributed by atoms with E-state index in [-0.39, 0.29) is 13.0 Å². The number of hydrogen-bond donors (Lipinski definition) is 3. The van der Waals surface area contributed by atoms with Crippen LogP contribution in [0, 0.1) is 5.92 Å². The molecular formula is C26H30N2O5.